The SMILES string of the molecule is CC(=O)c1c(C)[nH]c(C(=O)CN2CCN(S(=O)(=O)c3ccc(F)cc3)CC2)c1C. The Hall–Kier alpha value is -2.36. The van der Waals surface area contributed by atoms with Gasteiger partial charge in [-0.3, -0.25) is 14.5 Å². The summed E-state index contributed by atoms with van der Waals surface area (Å²) in [4.78, 5) is 29.4. The molecule has 1 fully saturated rings. The second-order valence-corrected chi connectivity index (χ2v) is 9.18. The Labute approximate surface area is 169 Å². The molecule has 2 aromatic rings. The molecule has 29 heavy (non-hydrogen) atoms. The smallest absolute Gasteiger partial charge is 0.243 e. The third kappa shape index (κ3) is 4.31. The van der Waals surface area contributed by atoms with Crippen molar-refractivity contribution in [1.82, 2.24) is 14.2 Å². The van der Waals surface area contributed by atoms with Crippen molar-refractivity contribution in [3.8, 4) is 0 Å². The van der Waals surface area contributed by atoms with Crippen LogP contribution in [0, 0.1) is 19.7 Å². The van der Waals surface area contributed by atoms with Gasteiger partial charge in [0.1, 0.15) is 5.82 Å². The van der Waals surface area contributed by atoms with Crippen LogP contribution in [0.3, 0.4) is 0 Å². The number of hydrogen-bond acceptors (Lipinski definition) is 5. The number of ketones is 2. The van der Waals surface area contributed by atoms with Crippen molar-refractivity contribution in [1.29, 1.82) is 0 Å². The molecular formula is C20H24FN3O4S. The monoisotopic (exact) mass is 421 g/mol. The molecule has 0 amide bonds. The second kappa shape index (κ2) is 8.17. The van der Waals surface area contributed by atoms with Crippen LogP contribution >= 0.6 is 0 Å². The van der Waals surface area contributed by atoms with Crippen LogP contribution in [0.2, 0.25) is 0 Å². The number of carbonyl (C=O) groups excluding carboxylic acids is 2. The number of halogens is 1. The Morgan fingerprint density at radius 2 is 1.66 bits per heavy atom. The average Bonchev–Trinajstić information content (AvgIpc) is 2.97. The van der Waals surface area contributed by atoms with Crippen molar-refractivity contribution in [3.05, 3.63) is 52.6 Å². The molecule has 9 heteroatoms. The van der Waals surface area contributed by atoms with E-state index >= 15 is 0 Å². The molecule has 1 aliphatic heterocycles. The topological polar surface area (TPSA) is 90.6 Å². The molecule has 1 N–H and O–H groups in total. The Kier molecular flexibility index (Phi) is 6.02. The Bertz CT molecular complexity index is 1040. The fourth-order valence-corrected chi connectivity index (χ4v) is 5.14. The van der Waals surface area contributed by atoms with Crippen LogP contribution in [0.4, 0.5) is 4.39 Å². The van der Waals surface area contributed by atoms with Gasteiger partial charge in [-0.05, 0) is 50.6 Å². The predicted octanol–water partition coefficient (Wildman–Crippen LogP) is 2.16. The standard InChI is InChI=1S/C20H24FN3O4S/c1-13-19(15(3)25)14(2)22-20(13)18(26)12-23-8-10-24(11-9-23)29(27,28)17-6-4-16(21)5-7-17/h4-7,22H,8-12H2,1-3H3. The number of Topliss-reactive ketones (excluding diaryl/α,β-unsaturated/α-hetero) is 2. The Balaban J connectivity index is 1.64. The van der Waals surface area contributed by atoms with Gasteiger partial charge in [0.05, 0.1) is 17.1 Å². The van der Waals surface area contributed by atoms with Crippen LogP contribution in [-0.2, 0) is 10.0 Å². The maximum Gasteiger partial charge on any atom is 0.243 e. The molecule has 1 aliphatic rings. The number of H-pyrrole nitrogens is 1. The Morgan fingerprint density at radius 3 is 2.17 bits per heavy atom. The van der Waals surface area contributed by atoms with E-state index in [0.29, 0.717) is 35.6 Å². The molecule has 0 unspecified atom stereocenters. The number of sulfonamides is 1. The van der Waals surface area contributed by atoms with Gasteiger partial charge in [-0.2, -0.15) is 4.31 Å². The summed E-state index contributed by atoms with van der Waals surface area (Å²) in [6.45, 7) is 6.43. The molecule has 0 atom stereocenters. The summed E-state index contributed by atoms with van der Waals surface area (Å²) in [5, 5.41) is 0. The van der Waals surface area contributed by atoms with Crippen molar-refractivity contribution in [2.75, 3.05) is 32.7 Å². The quantitative estimate of drug-likeness (QED) is 0.722. The van der Waals surface area contributed by atoms with Gasteiger partial charge in [0.25, 0.3) is 0 Å². The molecule has 0 aliphatic carbocycles. The number of piperazine rings is 1. The molecular weight excluding hydrogens is 397 g/mol. The summed E-state index contributed by atoms with van der Waals surface area (Å²) < 4.78 is 39.8. The number of rotatable bonds is 6. The zero-order valence-electron chi connectivity index (χ0n) is 16.7. The first-order valence-corrected chi connectivity index (χ1v) is 10.8. The number of nitrogens with one attached hydrogen (secondary N) is 1. The lowest BCUT2D eigenvalue weighted by Crippen LogP contribution is -2.49. The highest BCUT2D eigenvalue weighted by Crippen LogP contribution is 2.21. The first-order chi connectivity index (χ1) is 13.6. The van der Waals surface area contributed by atoms with Gasteiger partial charge in [-0.15, -0.1) is 0 Å². The number of carbonyl (C=O) groups is 2. The highest BCUT2D eigenvalue weighted by atomic mass is 32.2. The summed E-state index contributed by atoms with van der Waals surface area (Å²) in [5.41, 5.74) is 2.30. The molecule has 0 saturated carbocycles. The van der Waals surface area contributed by atoms with Gasteiger partial charge < -0.3 is 4.98 Å². The number of benzene rings is 1. The van der Waals surface area contributed by atoms with Crippen LogP contribution in [0.5, 0.6) is 0 Å². The van der Waals surface area contributed by atoms with Crippen LogP contribution in [-0.4, -0.2) is 66.9 Å². The van der Waals surface area contributed by atoms with Crippen LogP contribution in [0.1, 0.15) is 39.0 Å². The molecule has 0 bridgehead atoms. The van der Waals surface area contributed by atoms with E-state index in [1.54, 1.807) is 13.8 Å². The lowest BCUT2D eigenvalue weighted by molar-refractivity contribution is 0.0896. The van der Waals surface area contributed by atoms with E-state index in [2.05, 4.69) is 4.98 Å². The lowest BCUT2D eigenvalue weighted by Gasteiger charge is -2.33. The highest BCUT2D eigenvalue weighted by molar-refractivity contribution is 7.89. The summed E-state index contributed by atoms with van der Waals surface area (Å²) in [5.74, 6) is -0.710. The molecule has 3 rings (SSSR count). The van der Waals surface area contributed by atoms with E-state index in [1.807, 2.05) is 4.90 Å². The third-order valence-corrected chi connectivity index (χ3v) is 7.13. The zero-order valence-corrected chi connectivity index (χ0v) is 17.5. The fourth-order valence-electron chi connectivity index (χ4n) is 3.72. The second-order valence-electron chi connectivity index (χ2n) is 7.24. The van der Waals surface area contributed by atoms with Crippen molar-refractivity contribution < 1.29 is 22.4 Å². The maximum atomic E-state index is 13.1. The minimum Gasteiger partial charge on any atom is -0.355 e. The van der Waals surface area contributed by atoms with E-state index in [4.69, 9.17) is 0 Å². The highest BCUT2D eigenvalue weighted by Gasteiger charge is 2.30. The van der Waals surface area contributed by atoms with Crippen LogP contribution in [0.15, 0.2) is 29.2 Å². The molecule has 1 aromatic heterocycles. The number of aromatic nitrogens is 1. The van der Waals surface area contributed by atoms with E-state index in [9.17, 15) is 22.4 Å². The van der Waals surface area contributed by atoms with Gasteiger partial charge in [0.2, 0.25) is 10.0 Å². The molecule has 7 nitrogen and oxygen atoms in total. The van der Waals surface area contributed by atoms with Gasteiger partial charge in [-0.1, -0.05) is 0 Å². The average molecular weight is 421 g/mol. The van der Waals surface area contributed by atoms with Crippen molar-refractivity contribution in [2.24, 2.45) is 0 Å². The van der Waals surface area contributed by atoms with Gasteiger partial charge in [-0.25, -0.2) is 12.8 Å². The summed E-state index contributed by atoms with van der Waals surface area (Å²) >= 11 is 0. The maximum absolute atomic E-state index is 13.1. The molecule has 2 heterocycles. The largest absolute Gasteiger partial charge is 0.355 e. The molecule has 0 radical (unpaired) electrons. The normalized spacial score (nSPS) is 16.1. The van der Waals surface area contributed by atoms with Crippen molar-refractivity contribution in [2.45, 2.75) is 25.7 Å². The third-order valence-electron chi connectivity index (χ3n) is 5.22. The summed E-state index contributed by atoms with van der Waals surface area (Å²) in [6, 6.07) is 4.75. The molecule has 1 saturated heterocycles. The molecule has 1 aromatic carbocycles. The number of aromatic amines is 1. The molecule has 156 valence electrons. The first kappa shape index (κ1) is 21.4. The summed E-state index contributed by atoms with van der Waals surface area (Å²) in [6.07, 6.45) is 0. The van der Waals surface area contributed by atoms with Crippen molar-refractivity contribution in [3.63, 3.8) is 0 Å². The molecule has 0 spiro atoms. The zero-order chi connectivity index (χ0) is 21.3. The number of aryl methyl sites for hydroxylation is 1. The van der Waals surface area contributed by atoms with E-state index in [1.165, 1.54) is 23.4 Å². The van der Waals surface area contributed by atoms with E-state index in [0.717, 1.165) is 12.1 Å². The van der Waals surface area contributed by atoms with Gasteiger partial charge in [0.15, 0.2) is 11.6 Å². The fraction of sp³-hybridized carbons (Fsp3) is 0.400. The van der Waals surface area contributed by atoms with Gasteiger partial charge >= 0.3 is 0 Å². The summed E-state index contributed by atoms with van der Waals surface area (Å²) in [7, 11) is -3.69. The minimum atomic E-state index is -3.69. The number of hydrogen-bond donors (Lipinski definition) is 1. The minimum absolute atomic E-state index is 0.0534. The van der Waals surface area contributed by atoms with E-state index < -0.39 is 15.8 Å². The Morgan fingerprint density at radius 1 is 1.07 bits per heavy atom. The predicted molar refractivity (Wildman–Crippen MR) is 106 cm³/mol. The van der Waals surface area contributed by atoms with Crippen LogP contribution in [0.25, 0.3) is 0 Å². The lowest BCUT2D eigenvalue weighted by atomic mass is 10.1. The van der Waals surface area contributed by atoms with Gasteiger partial charge in [0, 0.05) is 37.4 Å². The first-order valence-electron chi connectivity index (χ1n) is 9.32. The van der Waals surface area contributed by atoms with Crippen molar-refractivity contribution >= 4 is 21.6 Å². The number of nitrogens with zero attached hydrogens (tertiary/aromatic N) is 2. The van der Waals surface area contributed by atoms with Crippen LogP contribution < -0.4 is 0 Å². The van der Waals surface area contributed by atoms with E-state index in [-0.39, 0.29) is 36.1 Å².